The molecule has 0 saturated heterocycles. The molecule has 0 aliphatic carbocycles. The highest BCUT2D eigenvalue weighted by Crippen LogP contribution is 2.10. The van der Waals surface area contributed by atoms with Gasteiger partial charge < -0.3 is 4.74 Å². The van der Waals surface area contributed by atoms with Crippen LogP contribution in [0.2, 0.25) is 5.02 Å². The summed E-state index contributed by atoms with van der Waals surface area (Å²) in [6.07, 6.45) is 0. The Morgan fingerprint density at radius 2 is 2.00 bits per heavy atom. The van der Waals surface area contributed by atoms with E-state index in [1.54, 1.807) is 0 Å². The fraction of sp³-hybridized carbons (Fsp3) is 0.462. The highest BCUT2D eigenvalue weighted by molar-refractivity contribution is 6.30. The predicted octanol–water partition coefficient (Wildman–Crippen LogP) is 2.75. The van der Waals surface area contributed by atoms with Crippen molar-refractivity contribution >= 4 is 11.6 Å². The standard InChI is InChI=1S/C13H17ClN2O/c1-10(2)16-13(7-15)9-17-8-11-3-5-12(14)6-4-11/h3-6,10,13,16H,8-9H2,1-2H3. The van der Waals surface area contributed by atoms with Crippen LogP contribution in [0.5, 0.6) is 0 Å². The van der Waals surface area contributed by atoms with Gasteiger partial charge in [0, 0.05) is 11.1 Å². The maximum absolute atomic E-state index is 8.90. The lowest BCUT2D eigenvalue weighted by Crippen LogP contribution is -2.37. The number of halogens is 1. The second kappa shape index (κ2) is 7.29. The summed E-state index contributed by atoms with van der Waals surface area (Å²) in [4.78, 5) is 0. The van der Waals surface area contributed by atoms with Crippen molar-refractivity contribution in [2.75, 3.05) is 6.61 Å². The Bertz CT molecular complexity index is 370. The van der Waals surface area contributed by atoms with Gasteiger partial charge in [-0.15, -0.1) is 0 Å². The number of nitrogens with zero attached hydrogens (tertiary/aromatic N) is 1. The largest absolute Gasteiger partial charge is 0.374 e. The SMILES string of the molecule is CC(C)NC(C#N)COCc1ccc(Cl)cc1. The molecule has 4 heteroatoms. The highest BCUT2D eigenvalue weighted by Gasteiger charge is 2.08. The molecular formula is C13H17ClN2O. The molecule has 1 aromatic rings. The van der Waals surface area contributed by atoms with Gasteiger partial charge in [-0.2, -0.15) is 5.26 Å². The summed E-state index contributed by atoms with van der Waals surface area (Å²) in [5, 5.41) is 12.7. The van der Waals surface area contributed by atoms with Crippen molar-refractivity contribution in [2.24, 2.45) is 0 Å². The maximum atomic E-state index is 8.90. The number of rotatable bonds is 6. The van der Waals surface area contributed by atoms with Gasteiger partial charge >= 0.3 is 0 Å². The first-order valence-corrected chi connectivity index (χ1v) is 5.97. The van der Waals surface area contributed by atoms with E-state index in [9.17, 15) is 0 Å². The smallest absolute Gasteiger partial charge is 0.119 e. The van der Waals surface area contributed by atoms with Crippen LogP contribution in [0.15, 0.2) is 24.3 Å². The Morgan fingerprint density at radius 1 is 1.35 bits per heavy atom. The van der Waals surface area contributed by atoms with E-state index in [4.69, 9.17) is 21.6 Å². The van der Waals surface area contributed by atoms with Gasteiger partial charge in [0.05, 0.1) is 19.3 Å². The monoisotopic (exact) mass is 252 g/mol. The Morgan fingerprint density at radius 3 is 2.53 bits per heavy atom. The number of benzene rings is 1. The lowest BCUT2D eigenvalue weighted by molar-refractivity contribution is 0.108. The van der Waals surface area contributed by atoms with Gasteiger partial charge in [0.15, 0.2) is 0 Å². The summed E-state index contributed by atoms with van der Waals surface area (Å²) in [5.41, 5.74) is 1.05. The van der Waals surface area contributed by atoms with Crippen LogP contribution in [0, 0.1) is 11.3 Å². The molecule has 0 spiro atoms. The molecule has 1 aromatic carbocycles. The maximum Gasteiger partial charge on any atom is 0.119 e. The molecule has 0 radical (unpaired) electrons. The van der Waals surface area contributed by atoms with E-state index >= 15 is 0 Å². The Labute approximate surface area is 107 Å². The molecule has 0 aromatic heterocycles. The van der Waals surface area contributed by atoms with Crippen molar-refractivity contribution in [3.05, 3.63) is 34.9 Å². The first kappa shape index (κ1) is 14.0. The predicted molar refractivity (Wildman–Crippen MR) is 68.8 cm³/mol. The van der Waals surface area contributed by atoms with Crippen LogP contribution in [0.1, 0.15) is 19.4 Å². The second-order valence-electron chi connectivity index (χ2n) is 4.14. The molecular weight excluding hydrogens is 236 g/mol. The number of hydrogen-bond donors (Lipinski definition) is 1. The van der Waals surface area contributed by atoms with Gasteiger partial charge in [-0.25, -0.2) is 0 Å². The summed E-state index contributed by atoms with van der Waals surface area (Å²) in [7, 11) is 0. The van der Waals surface area contributed by atoms with E-state index in [2.05, 4.69) is 11.4 Å². The number of nitrogens with one attached hydrogen (secondary N) is 1. The van der Waals surface area contributed by atoms with Crippen molar-refractivity contribution in [1.29, 1.82) is 5.26 Å². The van der Waals surface area contributed by atoms with Crippen LogP contribution in [-0.4, -0.2) is 18.7 Å². The second-order valence-corrected chi connectivity index (χ2v) is 4.58. The van der Waals surface area contributed by atoms with Crippen molar-refractivity contribution in [1.82, 2.24) is 5.32 Å². The summed E-state index contributed by atoms with van der Waals surface area (Å²) in [5.74, 6) is 0. The van der Waals surface area contributed by atoms with Gasteiger partial charge in [0.25, 0.3) is 0 Å². The van der Waals surface area contributed by atoms with Crippen LogP contribution in [0.25, 0.3) is 0 Å². The van der Waals surface area contributed by atoms with E-state index in [-0.39, 0.29) is 12.1 Å². The minimum absolute atomic E-state index is 0.262. The molecule has 0 heterocycles. The lowest BCUT2D eigenvalue weighted by atomic mass is 10.2. The molecule has 17 heavy (non-hydrogen) atoms. The van der Waals surface area contributed by atoms with Gasteiger partial charge in [-0.05, 0) is 31.5 Å². The first-order chi connectivity index (χ1) is 8.11. The molecule has 92 valence electrons. The Balaban J connectivity index is 2.31. The van der Waals surface area contributed by atoms with Gasteiger partial charge in [-0.3, -0.25) is 5.32 Å². The molecule has 0 aliphatic rings. The Kier molecular flexibility index (Phi) is 5.99. The van der Waals surface area contributed by atoms with Crippen LogP contribution in [0.4, 0.5) is 0 Å². The van der Waals surface area contributed by atoms with Crippen molar-refractivity contribution in [2.45, 2.75) is 32.5 Å². The third-order valence-electron chi connectivity index (χ3n) is 2.16. The summed E-state index contributed by atoms with van der Waals surface area (Å²) in [6.45, 7) is 4.89. The Hall–Kier alpha value is -1.08. The van der Waals surface area contributed by atoms with Gasteiger partial charge in [-0.1, -0.05) is 23.7 Å². The molecule has 1 N–H and O–H groups in total. The molecule has 0 bridgehead atoms. The minimum Gasteiger partial charge on any atom is -0.374 e. The molecule has 0 amide bonds. The topological polar surface area (TPSA) is 45.0 Å². The quantitative estimate of drug-likeness (QED) is 0.847. The van der Waals surface area contributed by atoms with E-state index in [1.165, 1.54) is 0 Å². The van der Waals surface area contributed by atoms with Crippen molar-refractivity contribution in [3.63, 3.8) is 0 Å². The fourth-order valence-electron chi connectivity index (χ4n) is 1.40. The van der Waals surface area contributed by atoms with E-state index in [1.807, 2.05) is 38.1 Å². The third kappa shape index (κ3) is 5.69. The summed E-state index contributed by atoms with van der Waals surface area (Å²) >= 11 is 5.78. The van der Waals surface area contributed by atoms with Gasteiger partial charge in [0.2, 0.25) is 0 Å². The fourth-order valence-corrected chi connectivity index (χ4v) is 1.53. The number of nitriles is 1. The zero-order valence-electron chi connectivity index (χ0n) is 10.1. The van der Waals surface area contributed by atoms with Crippen molar-refractivity contribution < 1.29 is 4.74 Å². The average molecular weight is 253 g/mol. The molecule has 0 fully saturated rings. The summed E-state index contributed by atoms with van der Waals surface area (Å²) < 4.78 is 5.49. The highest BCUT2D eigenvalue weighted by atomic mass is 35.5. The molecule has 0 aliphatic heterocycles. The van der Waals surface area contributed by atoms with Gasteiger partial charge in [0.1, 0.15) is 6.04 Å². The number of hydrogen-bond acceptors (Lipinski definition) is 3. The van der Waals surface area contributed by atoms with Crippen LogP contribution >= 0.6 is 11.6 Å². The lowest BCUT2D eigenvalue weighted by Gasteiger charge is -2.14. The minimum atomic E-state index is -0.262. The van der Waals surface area contributed by atoms with Crippen LogP contribution in [0.3, 0.4) is 0 Å². The molecule has 1 atom stereocenters. The van der Waals surface area contributed by atoms with Crippen LogP contribution < -0.4 is 5.32 Å². The van der Waals surface area contributed by atoms with E-state index in [0.29, 0.717) is 18.2 Å². The zero-order valence-corrected chi connectivity index (χ0v) is 10.9. The molecule has 3 nitrogen and oxygen atoms in total. The van der Waals surface area contributed by atoms with E-state index in [0.717, 1.165) is 5.56 Å². The molecule has 1 unspecified atom stereocenters. The molecule has 1 rings (SSSR count). The zero-order chi connectivity index (χ0) is 12.7. The summed E-state index contributed by atoms with van der Waals surface area (Å²) in [6, 6.07) is 9.67. The normalized spacial score (nSPS) is 12.4. The average Bonchev–Trinajstić information content (AvgIpc) is 2.30. The third-order valence-corrected chi connectivity index (χ3v) is 2.41. The number of ether oxygens (including phenoxy) is 1. The van der Waals surface area contributed by atoms with Crippen LogP contribution in [-0.2, 0) is 11.3 Å². The van der Waals surface area contributed by atoms with E-state index < -0.39 is 0 Å². The van der Waals surface area contributed by atoms with Crippen molar-refractivity contribution in [3.8, 4) is 6.07 Å². The molecule has 0 saturated carbocycles. The first-order valence-electron chi connectivity index (χ1n) is 5.59.